The second kappa shape index (κ2) is 7.53. The molecular weight excluding hydrogens is 479 g/mol. The van der Waals surface area contributed by atoms with Crippen LogP contribution in [-0.2, 0) is 0 Å². The number of ketones is 2. The number of hydrogen-bond donors (Lipinski definition) is 0. The summed E-state index contributed by atoms with van der Waals surface area (Å²) < 4.78 is 0. The van der Waals surface area contributed by atoms with Gasteiger partial charge in [0.1, 0.15) is 5.00 Å². The van der Waals surface area contributed by atoms with Gasteiger partial charge in [-0.25, -0.2) is 0 Å². The van der Waals surface area contributed by atoms with Crippen molar-refractivity contribution in [2.75, 3.05) is 4.90 Å². The van der Waals surface area contributed by atoms with Crippen molar-refractivity contribution in [3.05, 3.63) is 105 Å². The van der Waals surface area contributed by atoms with Gasteiger partial charge in [0.15, 0.2) is 11.6 Å². The number of carbonyl (C=O) groups is 2. The normalized spacial score (nSPS) is 14.4. The molecule has 1 aliphatic heterocycles. The first kappa shape index (κ1) is 20.0. The van der Waals surface area contributed by atoms with E-state index in [1.165, 1.54) is 9.79 Å². The summed E-state index contributed by atoms with van der Waals surface area (Å²) in [6.07, 6.45) is 1.75. The lowest BCUT2D eigenvalue weighted by Gasteiger charge is -2.31. The Labute approximate surface area is 208 Å². The fourth-order valence-corrected chi connectivity index (χ4v) is 7.35. The van der Waals surface area contributed by atoms with Gasteiger partial charge in [0.25, 0.3) is 0 Å². The Morgan fingerprint density at radius 2 is 1.29 bits per heavy atom. The molecule has 0 saturated carbocycles. The van der Waals surface area contributed by atoms with Crippen LogP contribution in [0.5, 0.6) is 0 Å². The lowest BCUT2D eigenvalue weighted by atomic mass is 10.1. The Hall–Kier alpha value is -3.45. The molecule has 6 heteroatoms. The molecule has 0 bridgehead atoms. The van der Waals surface area contributed by atoms with E-state index < -0.39 is 0 Å². The van der Waals surface area contributed by atoms with E-state index in [1.54, 1.807) is 40.5 Å². The van der Waals surface area contributed by atoms with Crippen LogP contribution in [0.4, 0.5) is 16.4 Å². The molecule has 1 aliphatic carbocycles. The summed E-state index contributed by atoms with van der Waals surface area (Å²) in [5.74, 6) is -0.374. The zero-order valence-corrected chi connectivity index (χ0v) is 20.1. The van der Waals surface area contributed by atoms with Gasteiger partial charge in [0, 0.05) is 25.8 Å². The number of Topliss-reactive ketones (excluding diaryl/α,β-unsaturated/α-hetero) is 2. The second-order valence-corrected chi connectivity index (χ2v) is 11.1. The number of benzene rings is 3. The van der Waals surface area contributed by atoms with E-state index >= 15 is 0 Å². The largest absolute Gasteiger partial charge is 0.300 e. The van der Waals surface area contributed by atoms with E-state index in [1.807, 2.05) is 29.0 Å². The third-order valence-corrected chi connectivity index (χ3v) is 9.07. The predicted molar refractivity (Wildman–Crippen MR) is 142 cm³/mol. The molecule has 0 atom stereocenters. The number of rotatable bonds is 2. The van der Waals surface area contributed by atoms with E-state index in [9.17, 15) is 9.59 Å². The Balaban J connectivity index is 1.30. The van der Waals surface area contributed by atoms with Crippen molar-refractivity contribution in [1.29, 1.82) is 0 Å². The first-order chi connectivity index (χ1) is 16.7. The molecule has 7 rings (SSSR count). The minimum Gasteiger partial charge on any atom is -0.300 e. The molecule has 2 aliphatic rings. The number of allylic oxidation sites excluding steroid dienone is 1. The molecule has 0 fully saturated rings. The third-order valence-electron chi connectivity index (χ3n) is 6.14. The van der Waals surface area contributed by atoms with E-state index in [2.05, 4.69) is 59.5 Å². The van der Waals surface area contributed by atoms with Crippen LogP contribution >= 0.6 is 34.4 Å². The number of anilines is 3. The molecular formula is C28H15NO2S3. The summed E-state index contributed by atoms with van der Waals surface area (Å²) in [6.45, 7) is 0. The molecule has 0 saturated heterocycles. The fraction of sp³-hybridized carbons (Fsp3) is 0. The van der Waals surface area contributed by atoms with Crippen LogP contribution in [0, 0.1) is 0 Å². The SMILES string of the molecule is O=C1C(=Cc2ccc(N3c4ccccc4Sc4ccccc43)s2)C(=O)c2cc3cscc3cc21. The Kier molecular flexibility index (Phi) is 4.42. The van der Waals surface area contributed by atoms with Gasteiger partial charge in [-0.1, -0.05) is 36.0 Å². The van der Waals surface area contributed by atoms with Crippen LogP contribution in [0.3, 0.4) is 0 Å². The van der Waals surface area contributed by atoms with Crippen molar-refractivity contribution in [3.8, 4) is 0 Å². The minimum atomic E-state index is -0.187. The van der Waals surface area contributed by atoms with E-state index in [4.69, 9.17) is 0 Å². The van der Waals surface area contributed by atoms with Gasteiger partial charge in [-0.2, -0.15) is 11.3 Å². The number of fused-ring (bicyclic) bond motifs is 4. The fourth-order valence-electron chi connectivity index (χ4n) is 4.54. The minimum absolute atomic E-state index is 0.187. The Morgan fingerprint density at radius 1 is 0.706 bits per heavy atom. The van der Waals surface area contributed by atoms with Gasteiger partial charge in [0.05, 0.1) is 16.9 Å². The Bertz CT molecular complexity index is 1590. The van der Waals surface area contributed by atoms with Gasteiger partial charge in [-0.15, -0.1) is 11.3 Å². The monoisotopic (exact) mass is 493 g/mol. The summed E-state index contributed by atoms with van der Waals surface area (Å²) in [5, 5.41) is 7.07. The number of carbonyl (C=O) groups excluding carboxylic acids is 2. The number of thiophene rings is 2. The molecule has 0 spiro atoms. The maximum Gasteiger partial charge on any atom is 0.197 e. The standard InChI is InChI=1S/C28H15NO2S3/c30-27-19-11-16-14-32-15-17(16)12-20(19)28(31)21(27)13-18-9-10-26(33-18)29-22-5-1-3-7-24(22)34-25-8-4-2-6-23(25)29/h1-15H. The summed E-state index contributed by atoms with van der Waals surface area (Å²) in [7, 11) is 0. The van der Waals surface area contributed by atoms with Gasteiger partial charge in [-0.05, 0) is 76.1 Å². The molecule has 0 radical (unpaired) electrons. The first-order valence-electron chi connectivity index (χ1n) is 10.7. The highest BCUT2D eigenvalue weighted by atomic mass is 32.2. The van der Waals surface area contributed by atoms with Crippen molar-refractivity contribution < 1.29 is 9.59 Å². The van der Waals surface area contributed by atoms with Crippen LogP contribution in [-0.4, -0.2) is 11.6 Å². The van der Waals surface area contributed by atoms with E-state index in [-0.39, 0.29) is 17.1 Å². The molecule has 3 heterocycles. The van der Waals surface area contributed by atoms with Crippen molar-refractivity contribution >= 4 is 79.2 Å². The van der Waals surface area contributed by atoms with Gasteiger partial charge in [-0.3, -0.25) is 14.5 Å². The number of para-hydroxylation sites is 2. The maximum absolute atomic E-state index is 13.1. The molecule has 3 nitrogen and oxygen atoms in total. The molecule has 2 aromatic heterocycles. The average molecular weight is 494 g/mol. The highest BCUT2D eigenvalue weighted by Gasteiger charge is 2.34. The van der Waals surface area contributed by atoms with Crippen LogP contribution in [0.2, 0.25) is 0 Å². The Morgan fingerprint density at radius 3 is 1.91 bits per heavy atom. The quantitative estimate of drug-likeness (QED) is 0.179. The summed E-state index contributed by atoms with van der Waals surface area (Å²) in [5.41, 5.74) is 3.53. The summed E-state index contributed by atoms with van der Waals surface area (Å²) >= 11 is 4.93. The maximum atomic E-state index is 13.1. The molecule has 162 valence electrons. The van der Waals surface area contributed by atoms with Crippen molar-refractivity contribution in [2.45, 2.75) is 9.79 Å². The van der Waals surface area contributed by atoms with E-state index in [0.29, 0.717) is 11.1 Å². The van der Waals surface area contributed by atoms with Gasteiger partial charge >= 0.3 is 0 Å². The zero-order valence-electron chi connectivity index (χ0n) is 17.6. The molecule has 0 N–H and O–H groups in total. The predicted octanol–water partition coefficient (Wildman–Crippen LogP) is 8.36. The zero-order chi connectivity index (χ0) is 22.8. The summed E-state index contributed by atoms with van der Waals surface area (Å²) in [6, 6.07) is 24.5. The smallest absolute Gasteiger partial charge is 0.197 e. The highest BCUT2D eigenvalue weighted by Crippen LogP contribution is 2.52. The first-order valence-corrected chi connectivity index (χ1v) is 13.3. The number of nitrogens with zero attached hydrogens (tertiary/aromatic N) is 1. The lowest BCUT2D eigenvalue weighted by molar-refractivity contribution is 0.0990. The molecule has 0 unspecified atom stereocenters. The topological polar surface area (TPSA) is 37.4 Å². The van der Waals surface area contributed by atoms with Gasteiger partial charge in [0.2, 0.25) is 0 Å². The van der Waals surface area contributed by atoms with Crippen LogP contribution in [0.15, 0.2) is 98.9 Å². The second-order valence-electron chi connectivity index (χ2n) is 8.16. The van der Waals surface area contributed by atoms with Crippen molar-refractivity contribution in [3.63, 3.8) is 0 Å². The van der Waals surface area contributed by atoms with Gasteiger partial charge < -0.3 is 0 Å². The summed E-state index contributed by atoms with van der Waals surface area (Å²) in [4.78, 5) is 31.8. The van der Waals surface area contributed by atoms with E-state index in [0.717, 1.165) is 32.0 Å². The number of hydrogen-bond acceptors (Lipinski definition) is 6. The molecule has 5 aromatic rings. The van der Waals surface area contributed by atoms with Crippen LogP contribution < -0.4 is 4.90 Å². The average Bonchev–Trinajstić information content (AvgIpc) is 3.57. The molecule has 3 aromatic carbocycles. The van der Waals surface area contributed by atoms with Crippen molar-refractivity contribution in [1.82, 2.24) is 0 Å². The van der Waals surface area contributed by atoms with Crippen molar-refractivity contribution in [2.24, 2.45) is 0 Å². The third kappa shape index (κ3) is 2.96. The highest BCUT2D eigenvalue weighted by molar-refractivity contribution is 7.99. The van der Waals surface area contributed by atoms with Crippen LogP contribution in [0.1, 0.15) is 25.6 Å². The lowest BCUT2D eigenvalue weighted by Crippen LogP contribution is -2.13. The molecule has 0 amide bonds. The molecule has 34 heavy (non-hydrogen) atoms. The van der Waals surface area contributed by atoms with Crippen LogP contribution in [0.25, 0.3) is 16.8 Å².